The van der Waals surface area contributed by atoms with E-state index in [1.807, 2.05) is 19.9 Å². The topological polar surface area (TPSA) is 96.4 Å². The van der Waals surface area contributed by atoms with Crippen molar-refractivity contribution in [3.63, 3.8) is 0 Å². The molecule has 0 radical (unpaired) electrons. The zero-order valence-electron chi connectivity index (χ0n) is 23.5. The van der Waals surface area contributed by atoms with E-state index in [9.17, 15) is 19.5 Å². The fourth-order valence-electron chi connectivity index (χ4n) is 6.73. The molecule has 4 rings (SSSR count). The maximum Gasteiger partial charge on any atom is 0.312 e. The first kappa shape index (κ1) is 30.3. The van der Waals surface area contributed by atoms with Gasteiger partial charge in [-0.05, 0) is 68.7 Å². The number of carbonyl (C=O) groups excluding carboxylic acids is 3. The molecule has 40 heavy (non-hydrogen) atoms. The number of benzene rings is 1. The fraction of sp³-hybridized carbons (Fsp3) is 0.581. The predicted octanol–water partition coefficient (Wildman–Crippen LogP) is 4.54. The molecular weight excluding hydrogens is 532 g/mol. The smallest absolute Gasteiger partial charge is 0.312 e. The lowest BCUT2D eigenvalue weighted by atomic mass is 9.70. The highest BCUT2D eigenvalue weighted by atomic mass is 35.5. The van der Waals surface area contributed by atoms with Gasteiger partial charge in [0.1, 0.15) is 11.6 Å². The Morgan fingerprint density at radius 3 is 2.60 bits per heavy atom. The highest BCUT2D eigenvalue weighted by molar-refractivity contribution is 6.30. The normalized spacial score (nSPS) is 27.5. The molecule has 0 saturated carbocycles. The van der Waals surface area contributed by atoms with Crippen molar-refractivity contribution in [3.05, 3.63) is 54.6 Å². The second kappa shape index (κ2) is 12.9. The van der Waals surface area contributed by atoms with Crippen molar-refractivity contribution in [3.8, 4) is 0 Å². The number of halogens is 1. The molecule has 2 bridgehead atoms. The lowest BCUT2D eigenvalue weighted by Crippen LogP contribution is -2.59. The molecule has 3 aliphatic heterocycles. The molecule has 3 fully saturated rings. The van der Waals surface area contributed by atoms with Gasteiger partial charge in [-0.3, -0.25) is 14.4 Å². The van der Waals surface area contributed by atoms with E-state index in [2.05, 4.69) is 13.2 Å². The van der Waals surface area contributed by atoms with Gasteiger partial charge in [0.25, 0.3) is 5.91 Å². The summed E-state index contributed by atoms with van der Waals surface area (Å²) in [7, 11) is 0. The molecule has 1 N–H and O–H groups in total. The number of allylic oxidation sites excluding steroid dienone is 1. The molecule has 2 unspecified atom stereocenters. The minimum absolute atomic E-state index is 0.160. The van der Waals surface area contributed by atoms with Crippen molar-refractivity contribution >= 4 is 35.1 Å². The van der Waals surface area contributed by atoms with Gasteiger partial charge < -0.3 is 24.4 Å². The van der Waals surface area contributed by atoms with E-state index in [0.29, 0.717) is 36.4 Å². The van der Waals surface area contributed by atoms with Crippen molar-refractivity contribution in [2.45, 2.75) is 76.2 Å². The molecule has 1 spiro atoms. The highest BCUT2D eigenvalue weighted by Gasteiger charge is 2.75. The summed E-state index contributed by atoms with van der Waals surface area (Å²) in [6, 6.07) is 5.29. The SMILES string of the molecule is C=CCCCCOC(=O)[C@@H]1[C@H]2C(=O)N([C@@H](CO)CC(C)C)C(C(=O)N(CC=C)c3ccc(Cl)cc3)C23CC[C@H]1O3. The highest BCUT2D eigenvalue weighted by Crippen LogP contribution is 2.59. The van der Waals surface area contributed by atoms with Crippen LogP contribution < -0.4 is 4.90 Å². The van der Waals surface area contributed by atoms with Gasteiger partial charge in [0.2, 0.25) is 5.91 Å². The maximum atomic E-state index is 14.5. The van der Waals surface area contributed by atoms with Gasteiger partial charge in [-0.1, -0.05) is 37.6 Å². The number of likely N-dealkylation sites (tertiary alicyclic amines) is 1. The average Bonchev–Trinajstić information content (AvgIpc) is 3.57. The van der Waals surface area contributed by atoms with E-state index in [1.54, 1.807) is 35.2 Å². The van der Waals surface area contributed by atoms with Crippen LogP contribution in [0.4, 0.5) is 5.69 Å². The number of fused-ring (bicyclic) bond motifs is 1. The van der Waals surface area contributed by atoms with Crippen LogP contribution in [0.5, 0.6) is 0 Å². The van der Waals surface area contributed by atoms with E-state index in [0.717, 1.165) is 12.8 Å². The monoisotopic (exact) mass is 572 g/mol. The molecule has 3 heterocycles. The molecule has 8 nitrogen and oxygen atoms in total. The van der Waals surface area contributed by atoms with Crippen LogP contribution >= 0.6 is 11.6 Å². The van der Waals surface area contributed by atoms with Crippen molar-refractivity contribution < 1.29 is 29.0 Å². The summed E-state index contributed by atoms with van der Waals surface area (Å²) in [6.45, 7) is 11.7. The summed E-state index contributed by atoms with van der Waals surface area (Å²) in [4.78, 5) is 45.3. The fourth-order valence-corrected chi connectivity index (χ4v) is 6.86. The molecule has 6 atom stereocenters. The largest absolute Gasteiger partial charge is 0.465 e. The molecule has 3 aliphatic rings. The number of anilines is 1. The summed E-state index contributed by atoms with van der Waals surface area (Å²) in [6.07, 6.45) is 6.86. The predicted molar refractivity (Wildman–Crippen MR) is 154 cm³/mol. The number of carbonyl (C=O) groups is 3. The number of aliphatic hydroxyl groups excluding tert-OH is 1. The van der Waals surface area contributed by atoms with Gasteiger partial charge in [0.05, 0.1) is 37.2 Å². The quantitative estimate of drug-likeness (QED) is 0.200. The Morgan fingerprint density at radius 1 is 1.25 bits per heavy atom. The molecular formula is C31H41ClN2O6. The van der Waals surface area contributed by atoms with Crippen LogP contribution in [0.15, 0.2) is 49.6 Å². The van der Waals surface area contributed by atoms with Gasteiger partial charge in [-0.15, -0.1) is 13.2 Å². The number of esters is 1. The van der Waals surface area contributed by atoms with Crippen LogP contribution in [0.1, 0.15) is 52.4 Å². The second-order valence-electron chi connectivity index (χ2n) is 11.4. The van der Waals surface area contributed by atoms with E-state index >= 15 is 0 Å². The Morgan fingerprint density at radius 2 is 1.98 bits per heavy atom. The number of rotatable bonds is 14. The average molecular weight is 573 g/mol. The molecule has 3 saturated heterocycles. The molecule has 2 amide bonds. The number of aliphatic hydroxyl groups is 1. The standard InChI is InChI=1S/C31H41ClN2O6/c1-5-7-8-9-17-39-30(38)25-24-14-15-31(40-24)26(25)28(36)34(23(19-35)18-20(3)4)27(31)29(37)33(16-6-2)22-12-10-21(32)11-13-22/h5-6,10-13,20,23-27,35H,1-2,7-9,14-19H2,3-4H3/t23-,24-,25+,26+,27?,31?/m1/s1. The number of unbranched alkanes of at least 4 members (excludes halogenated alkanes) is 2. The van der Waals surface area contributed by atoms with E-state index < -0.39 is 41.6 Å². The van der Waals surface area contributed by atoms with Crippen LogP contribution in [-0.2, 0) is 23.9 Å². The first-order valence-electron chi connectivity index (χ1n) is 14.3. The van der Waals surface area contributed by atoms with Gasteiger partial charge in [0, 0.05) is 17.3 Å². The first-order chi connectivity index (χ1) is 19.2. The summed E-state index contributed by atoms with van der Waals surface area (Å²) in [5, 5.41) is 11.0. The summed E-state index contributed by atoms with van der Waals surface area (Å²) in [5.41, 5.74) is -0.573. The lowest BCUT2D eigenvalue weighted by Gasteiger charge is -2.39. The first-order valence-corrected chi connectivity index (χ1v) is 14.6. The van der Waals surface area contributed by atoms with Crippen LogP contribution in [0, 0.1) is 17.8 Å². The van der Waals surface area contributed by atoms with Gasteiger partial charge in [0.15, 0.2) is 0 Å². The number of hydrogen-bond acceptors (Lipinski definition) is 6. The minimum atomic E-state index is -1.18. The lowest BCUT2D eigenvalue weighted by molar-refractivity contribution is -0.156. The van der Waals surface area contributed by atoms with E-state index in [-0.39, 0.29) is 37.5 Å². The zero-order valence-corrected chi connectivity index (χ0v) is 24.2. The van der Waals surface area contributed by atoms with Crippen LogP contribution in [0.3, 0.4) is 0 Å². The Balaban J connectivity index is 1.71. The van der Waals surface area contributed by atoms with Gasteiger partial charge in [-0.25, -0.2) is 0 Å². The Hall–Kier alpha value is -2.68. The molecule has 218 valence electrons. The van der Waals surface area contributed by atoms with Crippen LogP contribution in [0.25, 0.3) is 0 Å². The van der Waals surface area contributed by atoms with Crippen molar-refractivity contribution in [1.82, 2.24) is 4.90 Å². The number of ether oxygens (including phenoxy) is 2. The third-order valence-electron chi connectivity index (χ3n) is 8.35. The van der Waals surface area contributed by atoms with Crippen LogP contribution in [0.2, 0.25) is 5.02 Å². The van der Waals surface area contributed by atoms with Crippen molar-refractivity contribution in [2.75, 3.05) is 24.7 Å². The summed E-state index contributed by atoms with van der Waals surface area (Å²) in [5.74, 6) is -2.60. The van der Waals surface area contributed by atoms with Crippen LogP contribution in [-0.4, -0.2) is 71.3 Å². The summed E-state index contributed by atoms with van der Waals surface area (Å²) >= 11 is 6.11. The minimum Gasteiger partial charge on any atom is -0.465 e. The second-order valence-corrected chi connectivity index (χ2v) is 11.9. The third kappa shape index (κ3) is 5.58. The number of hydrogen-bond donors (Lipinski definition) is 1. The Labute approximate surface area is 241 Å². The molecule has 1 aromatic carbocycles. The molecule has 1 aromatic rings. The maximum absolute atomic E-state index is 14.5. The number of amides is 2. The Bertz CT molecular complexity index is 1110. The number of nitrogens with zero attached hydrogens (tertiary/aromatic N) is 2. The zero-order chi connectivity index (χ0) is 29.0. The van der Waals surface area contributed by atoms with E-state index in [1.165, 1.54) is 4.90 Å². The van der Waals surface area contributed by atoms with Crippen molar-refractivity contribution in [1.29, 1.82) is 0 Å². The van der Waals surface area contributed by atoms with Crippen molar-refractivity contribution in [2.24, 2.45) is 17.8 Å². The molecule has 9 heteroatoms. The van der Waals surface area contributed by atoms with Gasteiger partial charge >= 0.3 is 5.97 Å². The Kier molecular flexibility index (Phi) is 9.75. The molecule has 0 aromatic heterocycles. The van der Waals surface area contributed by atoms with E-state index in [4.69, 9.17) is 21.1 Å². The summed E-state index contributed by atoms with van der Waals surface area (Å²) < 4.78 is 12.2. The van der Waals surface area contributed by atoms with Gasteiger partial charge in [-0.2, -0.15) is 0 Å². The molecule has 0 aliphatic carbocycles. The third-order valence-corrected chi connectivity index (χ3v) is 8.61.